The zero-order chi connectivity index (χ0) is 14.6. The third-order valence-corrected chi connectivity index (χ3v) is 4.04. The van der Waals surface area contributed by atoms with Gasteiger partial charge in [0.1, 0.15) is 0 Å². The first-order valence-electron chi connectivity index (χ1n) is 6.49. The number of amides is 2. The number of nitrogens with zero attached hydrogens (tertiary/aromatic N) is 1. The van der Waals surface area contributed by atoms with Gasteiger partial charge in [0, 0.05) is 6.04 Å². The summed E-state index contributed by atoms with van der Waals surface area (Å²) >= 11 is 8.81. The Kier molecular flexibility index (Phi) is 5.73. The molecule has 1 aliphatic rings. The minimum Gasteiger partial charge on any atom is -0.376 e. The quantitative estimate of drug-likeness (QED) is 0.365. The van der Waals surface area contributed by atoms with Crippen molar-refractivity contribution in [2.24, 2.45) is 17.1 Å². The number of carbonyl (C=O) groups is 1. The van der Waals surface area contributed by atoms with E-state index in [-0.39, 0.29) is 17.5 Å². The summed E-state index contributed by atoms with van der Waals surface area (Å²) in [6.45, 7) is 7.09. The molecule has 0 heterocycles. The summed E-state index contributed by atoms with van der Waals surface area (Å²) in [5.74, 6) is 0.629. The number of rotatable bonds is 3. The summed E-state index contributed by atoms with van der Waals surface area (Å²) in [6, 6.07) is -0.0795. The molecule has 0 saturated heterocycles. The van der Waals surface area contributed by atoms with Crippen molar-refractivity contribution in [2.75, 3.05) is 6.67 Å². The fourth-order valence-electron chi connectivity index (χ4n) is 3.12. The highest BCUT2D eigenvalue weighted by atomic mass is 32.1. The van der Waals surface area contributed by atoms with Crippen molar-refractivity contribution in [3.05, 3.63) is 0 Å². The Bertz CT molecular complexity index is 349. The van der Waals surface area contributed by atoms with E-state index >= 15 is 0 Å². The van der Waals surface area contributed by atoms with Crippen LogP contribution in [0.5, 0.6) is 0 Å². The lowest BCUT2D eigenvalue weighted by Crippen LogP contribution is -2.53. The molecular weight excluding hydrogens is 280 g/mol. The van der Waals surface area contributed by atoms with E-state index in [9.17, 15) is 4.79 Å². The van der Waals surface area contributed by atoms with Gasteiger partial charge in [-0.25, -0.2) is 4.79 Å². The van der Waals surface area contributed by atoms with Crippen molar-refractivity contribution < 1.29 is 4.79 Å². The van der Waals surface area contributed by atoms with Crippen molar-refractivity contribution in [1.82, 2.24) is 14.9 Å². The van der Waals surface area contributed by atoms with Crippen LogP contribution in [-0.2, 0) is 0 Å². The Balaban J connectivity index is 2.70. The predicted molar refractivity (Wildman–Crippen MR) is 84.7 cm³/mol. The number of hydrogen-bond acceptors (Lipinski definition) is 3. The Labute approximate surface area is 126 Å². The smallest absolute Gasteiger partial charge is 0.325 e. The average molecular weight is 304 g/mol. The second kappa shape index (κ2) is 6.65. The number of nitrogens with one attached hydrogen (secondary N) is 2. The highest BCUT2D eigenvalue weighted by Crippen LogP contribution is 2.40. The summed E-state index contributed by atoms with van der Waals surface area (Å²) in [5.41, 5.74) is 6.07. The Hall–Kier alpha value is -0.690. The molecule has 1 fully saturated rings. The Morgan fingerprint density at radius 2 is 2.16 bits per heavy atom. The van der Waals surface area contributed by atoms with Gasteiger partial charge >= 0.3 is 6.03 Å². The lowest BCUT2D eigenvalue weighted by molar-refractivity contribution is 0.104. The maximum Gasteiger partial charge on any atom is 0.325 e. The minimum absolute atomic E-state index is 0.275. The molecule has 0 aromatic heterocycles. The summed E-state index contributed by atoms with van der Waals surface area (Å²) in [7, 11) is 0. The molecule has 5 nitrogen and oxygen atoms in total. The first-order chi connectivity index (χ1) is 8.75. The number of urea groups is 1. The molecule has 2 atom stereocenters. The van der Waals surface area contributed by atoms with Crippen molar-refractivity contribution >= 4 is 36.2 Å². The molecule has 19 heavy (non-hydrogen) atoms. The Morgan fingerprint density at radius 1 is 1.53 bits per heavy atom. The Morgan fingerprint density at radius 3 is 2.63 bits per heavy atom. The third-order valence-electron chi connectivity index (χ3n) is 3.60. The number of carbonyl (C=O) groups excluding carboxylic acids is 1. The lowest BCUT2D eigenvalue weighted by Gasteiger charge is -2.44. The van der Waals surface area contributed by atoms with Crippen LogP contribution >= 0.6 is 25.0 Å². The minimum atomic E-state index is -0.354. The maximum atomic E-state index is 11.2. The van der Waals surface area contributed by atoms with Crippen molar-refractivity contribution in [3.63, 3.8) is 0 Å². The van der Waals surface area contributed by atoms with Crippen LogP contribution in [0.2, 0.25) is 0 Å². The van der Waals surface area contributed by atoms with E-state index in [1.54, 1.807) is 0 Å². The molecular formula is C12H24N4OS2. The van der Waals surface area contributed by atoms with Gasteiger partial charge in [-0.3, -0.25) is 4.72 Å². The van der Waals surface area contributed by atoms with E-state index in [1.807, 2.05) is 4.90 Å². The molecule has 0 aliphatic heterocycles. The first kappa shape index (κ1) is 16.4. The molecule has 1 saturated carbocycles. The number of nitrogens with two attached hydrogens (primary N) is 1. The van der Waals surface area contributed by atoms with Gasteiger partial charge in [-0.15, -0.1) is 0 Å². The van der Waals surface area contributed by atoms with Crippen LogP contribution in [0.3, 0.4) is 0 Å². The molecule has 1 aliphatic carbocycles. The molecule has 2 amide bonds. The highest BCUT2D eigenvalue weighted by molar-refractivity contribution is 7.80. The normalized spacial score (nSPS) is 25.5. The van der Waals surface area contributed by atoms with Gasteiger partial charge in [-0.1, -0.05) is 33.6 Å². The molecule has 0 spiro atoms. The van der Waals surface area contributed by atoms with Gasteiger partial charge in [-0.05, 0) is 42.8 Å². The van der Waals surface area contributed by atoms with Crippen LogP contribution < -0.4 is 15.8 Å². The topological polar surface area (TPSA) is 70.4 Å². The molecule has 7 heteroatoms. The van der Waals surface area contributed by atoms with Gasteiger partial charge in [0.2, 0.25) is 0 Å². The summed E-state index contributed by atoms with van der Waals surface area (Å²) in [5, 5.41) is 3.01. The van der Waals surface area contributed by atoms with E-state index in [1.165, 1.54) is 6.42 Å². The van der Waals surface area contributed by atoms with E-state index in [2.05, 4.69) is 43.6 Å². The predicted octanol–water partition coefficient (Wildman–Crippen LogP) is 1.85. The van der Waals surface area contributed by atoms with Gasteiger partial charge in [0.15, 0.2) is 5.11 Å². The van der Waals surface area contributed by atoms with E-state index in [0.717, 1.165) is 12.8 Å². The van der Waals surface area contributed by atoms with Crippen LogP contribution in [0.4, 0.5) is 4.79 Å². The van der Waals surface area contributed by atoms with Gasteiger partial charge in [0.05, 0.1) is 6.67 Å². The molecule has 0 radical (unpaired) electrons. The highest BCUT2D eigenvalue weighted by Gasteiger charge is 2.35. The summed E-state index contributed by atoms with van der Waals surface area (Å²) in [4.78, 5) is 13.1. The fraction of sp³-hybridized carbons (Fsp3) is 0.833. The van der Waals surface area contributed by atoms with Crippen LogP contribution in [-0.4, -0.2) is 28.8 Å². The van der Waals surface area contributed by atoms with Crippen LogP contribution in [0.15, 0.2) is 0 Å². The van der Waals surface area contributed by atoms with E-state index in [4.69, 9.17) is 18.0 Å². The average Bonchev–Trinajstić information content (AvgIpc) is 2.25. The molecule has 1 rings (SSSR count). The van der Waals surface area contributed by atoms with Crippen molar-refractivity contribution in [2.45, 2.75) is 46.1 Å². The van der Waals surface area contributed by atoms with E-state index in [0.29, 0.717) is 17.7 Å². The zero-order valence-electron chi connectivity index (χ0n) is 11.8. The second-order valence-electron chi connectivity index (χ2n) is 6.15. The van der Waals surface area contributed by atoms with Crippen LogP contribution in [0.1, 0.15) is 40.0 Å². The van der Waals surface area contributed by atoms with Crippen LogP contribution in [0, 0.1) is 11.3 Å². The van der Waals surface area contributed by atoms with Gasteiger partial charge in [0.25, 0.3) is 0 Å². The second-order valence-corrected chi connectivity index (χ2v) is 6.79. The van der Waals surface area contributed by atoms with Gasteiger partial charge in [-0.2, -0.15) is 0 Å². The fourth-order valence-corrected chi connectivity index (χ4v) is 3.41. The molecule has 0 bridgehead atoms. The summed E-state index contributed by atoms with van der Waals surface area (Å²) < 4.78 is 2.22. The molecule has 2 unspecified atom stereocenters. The number of thiocarbonyl (C=S) groups is 1. The monoisotopic (exact) mass is 304 g/mol. The largest absolute Gasteiger partial charge is 0.376 e. The molecule has 4 N–H and O–H groups in total. The summed E-state index contributed by atoms with van der Waals surface area (Å²) in [6.07, 6.45) is 3.28. The van der Waals surface area contributed by atoms with Crippen molar-refractivity contribution in [3.8, 4) is 0 Å². The molecule has 110 valence electrons. The van der Waals surface area contributed by atoms with Crippen molar-refractivity contribution in [1.29, 1.82) is 0 Å². The van der Waals surface area contributed by atoms with Crippen LogP contribution in [0.25, 0.3) is 0 Å². The number of thiol groups is 1. The van der Waals surface area contributed by atoms with E-state index < -0.39 is 0 Å². The first-order valence-corrected chi connectivity index (χ1v) is 7.35. The SMILES string of the molecule is CC1CC(N(CNC(=O)NS)C(N)=S)CC(C)(C)C1. The van der Waals surface area contributed by atoms with Gasteiger partial charge < -0.3 is 16.0 Å². The zero-order valence-corrected chi connectivity index (χ0v) is 13.5. The number of hydrogen-bond donors (Lipinski definition) is 4. The third kappa shape index (κ3) is 5.06. The maximum absolute atomic E-state index is 11.2. The molecule has 0 aromatic rings. The molecule has 0 aromatic carbocycles. The standard InChI is InChI=1S/C12H24N4OS2/c1-8-4-9(6-12(2,3)5-8)16(10(13)18)7-14-11(17)15-19/h8-9,19H,4-7H2,1-3H3,(H2,13,18)(H2,14,15,17). The lowest BCUT2D eigenvalue weighted by atomic mass is 9.70.